The Kier molecular flexibility index (Phi) is 8.53. The molecule has 0 unspecified atom stereocenters. The number of rotatable bonds is 11. The summed E-state index contributed by atoms with van der Waals surface area (Å²) >= 11 is 0. The molecule has 4 nitrogen and oxygen atoms in total. The predicted octanol–water partition coefficient (Wildman–Crippen LogP) is 4.34. The average molecular weight is 355 g/mol. The van der Waals surface area contributed by atoms with Gasteiger partial charge in [0.1, 0.15) is 0 Å². The van der Waals surface area contributed by atoms with E-state index in [1.807, 2.05) is 61.2 Å². The molecule has 2 aromatic rings. The lowest BCUT2D eigenvalue weighted by Gasteiger charge is -2.21. The van der Waals surface area contributed by atoms with Crippen molar-refractivity contribution < 1.29 is 14.3 Å². The zero-order chi connectivity index (χ0) is 18.6. The maximum absolute atomic E-state index is 12.4. The highest BCUT2D eigenvalue weighted by Crippen LogP contribution is 2.26. The summed E-state index contributed by atoms with van der Waals surface area (Å²) in [6.07, 6.45) is 2.08. The van der Waals surface area contributed by atoms with E-state index < -0.39 is 0 Å². The van der Waals surface area contributed by atoms with Crippen LogP contribution in [0.5, 0.6) is 11.5 Å². The van der Waals surface area contributed by atoms with E-state index in [-0.39, 0.29) is 5.91 Å². The summed E-state index contributed by atoms with van der Waals surface area (Å²) in [7, 11) is 0. The first-order chi connectivity index (χ1) is 12.7. The molecule has 0 bridgehead atoms. The van der Waals surface area contributed by atoms with Gasteiger partial charge in [-0.15, -0.1) is 0 Å². The number of amides is 1. The van der Waals surface area contributed by atoms with E-state index in [4.69, 9.17) is 9.47 Å². The van der Waals surface area contributed by atoms with Crippen LogP contribution in [-0.2, 0) is 11.2 Å². The SMILES string of the molecule is CCOc1ccccc1OCCCC(=O)N(CC)CCc1ccccc1. The summed E-state index contributed by atoms with van der Waals surface area (Å²) in [4.78, 5) is 14.3. The van der Waals surface area contributed by atoms with Gasteiger partial charge < -0.3 is 14.4 Å². The van der Waals surface area contributed by atoms with Crippen LogP contribution in [0.4, 0.5) is 0 Å². The molecule has 0 saturated carbocycles. The van der Waals surface area contributed by atoms with Gasteiger partial charge in [-0.3, -0.25) is 4.79 Å². The number of carbonyl (C=O) groups is 1. The predicted molar refractivity (Wildman–Crippen MR) is 105 cm³/mol. The lowest BCUT2D eigenvalue weighted by atomic mass is 10.1. The second-order valence-corrected chi connectivity index (χ2v) is 6.04. The molecule has 0 fully saturated rings. The molecule has 0 aliphatic carbocycles. The van der Waals surface area contributed by atoms with Crippen LogP contribution < -0.4 is 9.47 Å². The van der Waals surface area contributed by atoms with Gasteiger partial charge in [-0.2, -0.15) is 0 Å². The summed E-state index contributed by atoms with van der Waals surface area (Å²) < 4.78 is 11.3. The molecule has 0 aliphatic rings. The first-order valence-electron chi connectivity index (χ1n) is 9.41. The average Bonchev–Trinajstić information content (AvgIpc) is 2.68. The fourth-order valence-corrected chi connectivity index (χ4v) is 2.78. The summed E-state index contributed by atoms with van der Waals surface area (Å²) in [6.45, 7) is 6.58. The van der Waals surface area contributed by atoms with Crippen molar-refractivity contribution in [1.29, 1.82) is 0 Å². The zero-order valence-electron chi connectivity index (χ0n) is 15.8. The Morgan fingerprint density at radius 3 is 2.23 bits per heavy atom. The Morgan fingerprint density at radius 1 is 0.923 bits per heavy atom. The Balaban J connectivity index is 1.73. The molecule has 0 atom stereocenters. The summed E-state index contributed by atoms with van der Waals surface area (Å²) in [5, 5.41) is 0. The van der Waals surface area contributed by atoms with E-state index in [1.165, 1.54) is 5.56 Å². The molecule has 0 aliphatic heterocycles. The molecule has 4 heteroatoms. The van der Waals surface area contributed by atoms with Crippen LogP contribution in [0.25, 0.3) is 0 Å². The Bertz CT molecular complexity index is 657. The Hall–Kier alpha value is -2.49. The highest BCUT2D eigenvalue weighted by atomic mass is 16.5. The molecule has 0 N–H and O–H groups in total. The van der Waals surface area contributed by atoms with E-state index in [9.17, 15) is 4.79 Å². The molecule has 26 heavy (non-hydrogen) atoms. The second-order valence-electron chi connectivity index (χ2n) is 6.04. The van der Waals surface area contributed by atoms with E-state index in [1.54, 1.807) is 0 Å². The molecule has 0 heterocycles. The van der Waals surface area contributed by atoms with Crippen LogP contribution in [0.3, 0.4) is 0 Å². The molecular weight excluding hydrogens is 326 g/mol. The molecule has 2 aromatic carbocycles. The van der Waals surface area contributed by atoms with Crippen LogP contribution in [0.15, 0.2) is 54.6 Å². The zero-order valence-corrected chi connectivity index (χ0v) is 15.8. The van der Waals surface area contributed by atoms with Gasteiger partial charge in [0.2, 0.25) is 5.91 Å². The summed E-state index contributed by atoms with van der Waals surface area (Å²) in [5.74, 6) is 1.67. The monoisotopic (exact) mass is 355 g/mol. The van der Waals surface area contributed by atoms with Crippen LogP contribution >= 0.6 is 0 Å². The largest absolute Gasteiger partial charge is 0.490 e. The van der Waals surface area contributed by atoms with Crippen molar-refractivity contribution in [2.75, 3.05) is 26.3 Å². The van der Waals surface area contributed by atoms with Gasteiger partial charge in [-0.05, 0) is 44.4 Å². The number of carbonyl (C=O) groups excluding carboxylic acids is 1. The molecular formula is C22H29NO3. The van der Waals surface area contributed by atoms with Gasteiger partial charge in [0.25, 0.3) is 0 Å². The smallest absolute Gasteiger partial charge is 0.222 e. The van der Waals surface area contributed by atoms with E-state index in [2.05, 4.69) is 12.1 Å². The first kappa shape index (κ1) is 19.8. The fourth-order valence-electron chi connectivity index (χ4n) is 2.78. The Labute approximate surface area is 156 Å². The van der Waals surface area contributed by atoms with Gasteiger partial charge >= 0.3 is 0 Å². The van der Waals surface area contributed by atoms with Crippen molar-refractivity contribution in [3.05, 3.63) is 60.2 Å². The topological polar surface area (TPSA) is 38.8 Å². The standard InChI is InChI=1S/C22H29NO3/c1-3-23(17-16-19-11-6-5-7-12-19)22(24)15-10-18-26-21-14-9-8-13-20(21)25-4-2/h5-9,11-14H,3-4,10,15-18H2,1-2H3. The lowest BCUT2D eigenvalue weighted by molar-refractivity contribution is -0.131. The number of benzene rings is 2. The Morgan fingerprint density at radius 2 is 1.58 bits per heavy atom. The minimum Gasteiger partial charge on any atom is -0.490 e. The molecule has 2 rings (SSSR count). The number of ether oxygens (including phenoxy) is 2. The van der Waals surface area contributed by atoms with Gasteiger partial charge in [-0.25, -0.2) is 0 Å². The molecule has 0 radical (unpaired) electrons. The van der Waals surface area contributed by atoms with E-state index in [0.29, 0.717) is 26.1 Å². The third kappa shape index (κ3) is 6.43. The molecule has 1 amide bonds. The third-order valence-corrected chi connectivity index (χ3v) is 4.19. The maximum atomic E-state index is 12.4. The van der Waals surface area contributed by atoms with Crippen molar-refractivity contribution >= 4 is 5.91 Å². The minimum atomic E-state index is 0.185. The van der Waals surface area contributed by atoms with Crippen molar-refractivity contribution in [1.82, 2.24) is 4.90 Å². The van der Waals surface area contributed by atoms with E-state index in [0.717, 1.165) is 31.0 Å². The van der Waals surface area contributed by atoms with Gasteiger partial charge in [-0.1, -0.05) is 42.5 Å². The number of hydrogen-bond acceptors (Lipinski definition) is 3. The number of hydrogen-bond donors (Lipinski definition) is 0. The van der Waals surface area contributed by atoms with Crippen LogP contribution in [-0.4, -0.2) is 37.1 Å². The van der Waals surface area contributed by atoms with Gasteiger partial charge in [0.15, 0.2) is 11.5 Å². The second kappa shape index (κ2) is 11.2. The van der Waals surface area contributed by atoms with Crippen molar-refractivity contribution in [2.24, 2.45) is 0 Å². The maximum Gasteiger partial charge on any atom is 0.222 e. The number of nitrogens with zero attached hydrogens (tertiary/aromatic N) is 1. The molecule has 140 valence electrons. The third-order valence-electron chi connectivity index (χ3n) is 4.19. The van der Waals surface area contributed by atoms with Crippen LogP contribution in [0.1, 0.15) is 32.3 Å². The first-order valence-corrected chi connectivity index (χ1v) is 9.41. The van der Waals surface area contributed by atoms with Crippen molar-refractivity contribution in [2.45, 2.75) is 33.1 Å². The van der Waals surface area contributed by atoms with Gasteiger partial charge in [0.05, 0.1) is 13.2 Å². The fraction of sp³-hybridized carbons (Fsp3) is 0.409. The van der Waals surface area contributed by atoms with E-state index >= 15 is 0 Å². The summed E-state index contributed by atoms with van der Waals surface area (Å²) in [6, 6.07) is 17.9. The number of para-hydroxylation sites is 2. The van der Waals surface area contributed by atoms with Gasteiger partial charge in [0, 0.05) is 19.5 Å². The molecule has 0 aromatic heterocycles. The quantitative estimate of drug-likeness (QED) is 0.563. The number of likely N-dealkylation sites (N-methyl/N-ethyl adjacent to an activating group) is 1. The normalized spacial score (nSPS) is 10.4. The molecule has 0 spiro atoms. The van der Waals surface area contributed by atoms with Crippen molar-refractivity contribution in [3.8, 4) is 11.5 Å². The van der Waals surface area contributed by atoms with Crippen molar-refractivity contribution in [3.63, 3.8) is 0 Å². The van der Waals surface area contributed by atoms with Crippen LogP contribution in [0, 0.1) is 0 Å². The minimum absolute atomic E-state index is 0.185. The highest BCUT2D eigenvalue weighted by molar-refractivity contribution is 5.76. The molecule has 0 saturated heterocycles. The lowest BCUT2D eigenvalue weighted by Crippen LogP contribution is -2.32. The van der Waals surface area contributed by atoms with Crippen LogP contribution in [0.2, 0.25) is 0 Å². The highest BCUT2D eigenvalue weighted by Gasteiger charge is 2.11. The summed E-state index contributed by atoms with van der Waals surface area (Å²) in [5.41, 5.74) is 1.26.